The molecule has 1 rings (SSSR count). The summed E-state index contributed by atoms with van der Waals surface area (Å²) in [4.78, 5) is 0. The number of rotatable bonds is 24. The summed E-state index contributed by atoms with van der Waals surface area (Å²) >= 11 is 0. The van der Waals surface area contributed by atoms with Crippen LogP contribution in [0.5, 0.6) is 0 Å². The van der Waals surface area contributed by atoms with Crippen molar-refractivity contribution in [2.45, 2.75) is 180 Å². The molecule has 0 bridgehead atoms. The lowest BCUT2D eigenvalue weighted by Crippen LogP contribution is -2.58. The minimum absolute atomic E-state index is 0.954. The monoisotopic (exact) mass is 576 g/mol. The van der Waals surface area contributed by atoms with Gasteiger partial charge in [-0.1, -0.05) is 156 Å². The summed E-state index contributed by atoms with van der Waals surface area (Å²) < 4.78 is 27.4. The van der Waals surface area contributed by atoms with Crippen molar-refractivity contribution in [3.05, 3.63) is 0 Å². The number of hydrogen-bond acceptors (Lipinski definition) is 4. The van der Waals surface area contributed by atoms with Gasteiger partial charge in [-0.15, -0.1) is 0 Å². The average Bonchev–Trinajstić information content (AvgIpc) is 2.87. The minimum atomic E-state index is -2.28. The highest BCUT2D eigenvalue weighted by atomic mass is 28.5. The molecule has 4 nitrogen and oxygen atoms in total. The molecule has 1 aliphatic rings. The van der Waals surface area contributed by atoms with Crippen molar-refractivity contribution in [1.29, 1.82) is 0 Å². The molecule has 0 atom stereocenters. The van der Waals surface area contributed by atoms with Gasteiger partial charge in [-0.3, -0.25) is 0 Å². The third-order valence-corrected chi connectivity index (χ3v) is 21.7. The maximum atomic E-state index is 7.52. The topological polar surface area (TPSA) is 36.9 Å². The molecule has 0 aliphatic carbocycles. The normalized spacial score (nSPS) is 19.0. The summed E-state index contributed by atoms with van der Waals surface area (Å²) in [6.45, 7) is 9.22. The van der Waals surface area contributed by atoms with E-state index in [1.807, 2.05) is 0 Å². The second-order valence-electron chi connectivity index (χ2n) is 11.3. The SMILES string of the molecule is CCCCCCC[Si]1(CCCCCCC)O[SiH2]O[SiH2]O[Si](CCCCCCC)(CCCCCCC)O1. The fraction of sp³-hybridized carbons (Fsp3) is 1.00. The second kappa shape index (κ2) is 23.6. The lowest BCUT2D eigenvalue weighted by atomic mass is 10.2. The average molecular weight is 577 g/mol. The van der Waals surface area contributed by atoms with E-state index >= 15 is 0 Å². The second-order valence-corrected chi connectivity index (χ2v) is 22.2. The fourth-order valence-electron chi connectivity index (χ4n) is 5.46. The van der Waals surface area contributed by atoms with E-state index in [2.05, 4.69) is 27.7 Å². The molecule has 1 fully saturated rings. The van der Waals surface area contributed by atoms with Gasteiger partial charge >= 0.3 is 17.1 Å². The summed E-state index contributed by atoms with van der Waals surface area (Å²) in [6, 6.07) is 4.69. The van der Waals surface area contributed by atoms with Crippen LogP contribution in [0.1, 0.15) is 156 Å². The van der Waals surface area contributed by atoms with Crippen LogP contribution < -0.4 is 0 Å². The van der Waals surface area contributed by atoms with Crippen molar-refractivity contribution >= 4 is 37.1 Å². The number of hydrogen-bond donors (Lipinski definition) is 0. The van der Waals surface area contributed by atoms with Crippen LogP contribution >= 0.6 is 0 Å². The highest BCUT2D eigenvalue weighted by Gasteiger charge is 2.48. The Hall–Kier alpha value is 0.708. The minimum Gasteiger partial charge on any atom is -0.425 e. The smallest absolute Gasteiger partial charge is 0.320 e. The molecular weight excluding hydrogens is 513 g/mol. The largest absolute Gasteiger partial charge is 0.425 e. The molecule has 216 valence electrons. The Balaban J connectivity index is 2.96. The zero-order valence-electron chi connectivity index (χ0n) is 25.0. The van der Waals surface area contributed by atoms with Crippen LogP contribution in [0.25, 0.3) is 0 Å². The highest BCUT2D eigenvalue weighted by molar-refractivity contribution is 6.85. The van der Waals surface area contributed by atoms with Gasteiger partial charge in [-0.25, -0.2) is 0 Å². The highest BCUT2D eigenvalue weighted by Crippen LogP contribution is 2.36. The van der Waals surface area contributed by atoms with Crippen LogP contribution in [-0.2, 0) is 16.5 Å². The molecule has 0 N–H and O–H groups in total. The fourth-order valence-corrected chi connectivity index (χ4v) is 21.5. The summed E-state index contributed by atoms with van der Waals surface area (Å²) in [7, 11) is -6.46. The predicted octanol–water partition coefficient (Wildman–Crippen LogP) is 8.83. The van der Waals surface area contributed by atoms with E-state index in [1.54, 1.807) is 0 Å². The molecule has 1 heterocycles. The van der Waals surface area contributed by atoms with Crippen LogP contribution in [0, 0.1) is 0 Å². The maximum absolute atomic E-state index is 7.52. The van der Waals surface area contributed by atoms with E-state index in [0.29, 0.717) is 0 Å². The molecule has 0 aromatic heterocycles. The molecule has 0 amide bonds. The Morgan fingerprint density at radius 3 is 0.944 bits per heavy atom. The summed E-state index contributed by atoms with van der Waals surface area (Å²) in [5.41, 5.74) is 0. The first kappa shape index (κ1) is 34.7. The van der Waals surface area contributed by atoms with Gasteiger partial charge < -0.3 is 16.5 Å². The van der Waals surface area contributed by atoms with E-state index in [1.165, 1.54) is 153 Å². The van der Waals surface area contributed by atoms with Crippen molar-refractivity contribution in [2.75, 3.05) is 0 Å². The zero-order valence-corrected chi connectivity index (χ0v) is 29.8. The molecule has 0 radical (unpaired) electrons. The van der Waals surface area contributed by atoms with E-state index in [9.17, 15) is 0 Å². The van der Waals surface area contributed by atoms with Gasteiger partial charge in [0.05, 0.1) is 0 Å². The quantitative estimate of drug-likeness (QED) is 0.0849. The molecule has 36 heavy (non-hydrogen) atoms. The molecule has 0 spiro atoms. The Morgan fingerprint density at radius 2 is 0.667 bits per heavy atom. The molecule has 0 saturated carbocycles. The van der Waals surface area contributed by atoms with E-state index in [-0.39, 0.29) is 0 Å². The van der Waals surface area contributed by atoms with Crippen molar-refractivity contribution in [3.63, 3.8) is 0 Å². The Labute approximate surface area is 233 Å². The van der Waals surface area contributed by atoms with Crippen molar-refractivity contribution in [1.82, 2.24) is 0 Å². The van der Waals surface area contributed by atoms with Gasteiger partial charge in [0.1, 0.15) is 0 Å². The lowest BCUT2D eigenvalue weighted by molar-refractivity contribution is 0.259. The molecule has 1 aliphatic heterocycles. The van der Waals surface area contributed by atoms with Crippen LogP contribution in [-0.4, -0.2) is 37.1 Å². The standard InChI is InChI=1S/C28H64O4Si4/c1-5-9-13-17-21-25-35(26-22-18-14-10-6-2)30-33-29-34-31-36(32-35,27-23-19-15-11-7-3)28-24-20-16-12-8-4/h5-28,33-34H2,1-4H3. The first-order valence-corrected chi connectivity index (χ1v) is 23.0. The third-order valence-electron chi connectivity index (χ3n) is 7.83. The maximum Gasteiger partial charge on any atom is 0.320 e. The van der Waals surface area contributed by atoms with Crippen molar-refractivity contribution < 1.29 is 16.5 Å². The molecule has 8 heteroatoms. The van der Waals surface area contributed by atoms with Crippen molar-refractivity contribution in [3.8, 4) is 0 Å². The van der Waals surface area contributed by atoms with E-state index in [4.69, 9.17) is 16.5 Å². The van der Waals surface area contributed by atoms with Gasteiger partial charge in [0, 0.05) is 0 Å². The Kier molecular flexibility index (Phi) is 22.8. The molecule has 0 aromatic rings. The number of unbranched alkanes of at least 4 members (excludes halogenated alkanes) is 16. The van der Waals surface area contributed by atoms with Gasteiger partial charge in [0.2, 0.25) is 0 Å². The Morgan fingerprint density at radius 1 is 0.389 bits per heavy atom. The molecule has 1 saturated heterocycles. The first-order valence-electron chi connectivity index (χ1n) is 16.2. The predicted molar refractivity (Wildman–Crippen MR) is 167 cm³/mol. The summed E-state index contributed by atoms with van der Waals surface area (Å²) in [5.74, 6) is 0. The molecule has 0 aromatic carbocycles. The van der Waals surface area contributed by atoms with Gasteiger partial charge in [0.15, 0.2) is 0 Å². The first-order chi connectivity index (χ1) is 17.7. The third kappa shape index (κ3) is 16.6. The Bertz CT molecular complexity index is 416. The van der Waals surface area contributed by atoms with E-state index < -0.39 is 37.1 Å². The van der Waals surface area contributed by atoms with Crippen LogP contribution in [0.2, 0.25) is 24.2 Å². The molecule has 0 unspecified atom stereocenters. The van der Waals surface area contributed by atoms with Gasteiger partial charge in [-0.05, 0) is 24.2 Å². The lowest BCUT2D eigenvalue weighted by Gasteiger charge is -2.43. The van der Waals surface area contributed by atoms with Crippen molar-refractivity contribution in [2.24, 2.45) is 0 Å². The van der Waals surface area contributed by atoms with Gasteiger partial charge in [0.25, 0.3) is 20.0 Å². The molecular formula is C28H64O4Si4. The summed E-state index contributed by atoms with van der Waals surface area (Å²) in [6.07, 6.45) is 26.4. The van der Waals surface area contributed by atoms with Gasteiger partial charge in [-0.2, -0.15) is 0 Å². The zero-order chi connectivity index (χ0) is 26.2. The van der Waals surface area contributed by atoms with Crippen LogP contribution in [0.3, 0.4) is 0 Å². The van der Waals surface area contributed by atoms with E-state index in [0.717, 1.165) is 0 Å². The van der Waals surface area contributed by atoms with Crippen LogP contribution in [0.4, 0.5) is 0 Å². The van der Waals surface area contributed by atoms with Crippen LogP contribution in [0.15, 0.2) is 0 Å². The summed E-state index contributed by atoms with van der Waals surface area (Å²) in [5, 5.41) is 0.